The van der Waals surface area contributed by atoms with Crippen LogP contribution in [0.25, 0.3) is 5.65 Å². The number of hydrogen-bond acceptors (Lipinski definition) is 6. The summed E-state index contributed by atoms with van der Waals surface area (Å²) in [7, 11) is -2.22. The molecule has 7 nitrogen and oxygen atoms in total. The zero-order chi connectivity index (χ0) is 20.4. The molecule has 0 bridgehead atoms. The average molecular weight is 408 g/mol. The summed E-state index contributed by atoms with van der Waals surface area (Å²) in [6.45, 7) is 2.01. The number of nitrogens with one attached hydrogen (secondary N) is 1. The predicted octanol–water partition coefficient (Wildman–Crippen LogP) is 3.74. The average Bonchev–Trinajstić information content (AvgIpc) is 3.16. The van der Waals surface area contributed by atoms with Crippen molar-refractivity contribution >= 4 is 21.4 Å². The lowest BCUT2D eigenvalue weighted by Crippen LogP contribution is -2.10. The molecule has 4 aromatic rings. The minimum atomic E-state index is -3.72. The van der Waals surface area contributed by atoms with Crippen LogP contribution in [0.4, 0.5) is 5.95 Å². The Morgan fingerprint density at radius 2 is 1.76 bits per heavy atom. The van der Waals surface area contributed by atoms with Gasteiger partial charge in [-0.15, -0.1) is 10.2 Å². The molecule has 0 aliphatic heterocycles. The van der Waals surface area contributed by atoms with Crippen LogP contribution in [0.1, 0.15) is 18.5 Å². The molecule has 0 saturated carbocycles. The van der Waals surface area contributed by atoms with E-state index in [1.807, 2.05) is 37.3 Å². The first-order valence-corrected chi connectivity index (χ1v) is 10.5. The predicted molar refractivity (Wildman–Crippen MR) is 110 cm³/mol. The van der Waals surface area contributed by atoms with Gasteiger partial charge >= 0.3 is 0 Å². The van der Waals surface area contributed by atoms with E-state index in [0.29, 0.717) is 17.3 Å². The van der Waals surface area contributed by atoms with Crippen molar-refractivity contribution in [1.82, 2.24) is 14.6 Å². The first kappa shape index (κ1) is 18.9. The van der Waals surface area contributed by atoms with Gasteiger partial charge in [0.2, 0.25) is 15.8 Å². The Morgan fingerprint density at radius 1 is 0.966 bits per heavy atom. The smallest absolute Gasteiger partial charge is 0.229 e. The molecule has 4 rings (SSSR count). The van der Waals surface area contributed by atoms with Crippen LogP contribution in [0.2, 0.25) is 0 Å². The summed E-state index contributed by atoms with van der Waals surface area (Å²) in [5.41, 5.74) is 1.64. The molecule has 0 radical (unpaired) electrons. The Morgan fingerprint density at radius 3 is 2.52 bits per heavy atom. The lowest BCUT2D eigenvalue weighted by atomic mass is 10.1. The van der Waals surface area contributed by atoms with E-state index in [1.54, 1.807) is 28.7 Å². The van der Waals surface area contributed by atoms with Crippen molar-refractivity contribution in [2.45, 2.75) is 22.8 Å². The van der Waals surface area contributed by atoms with Crippen LogP contribution in [0.15, 0.2) is 82.7 Å². The molecule has 2 aromatic heterocycles. The lowest BCUT2D eigenvalue weighted by molar-refractivity contribution is 0.413. The topological polar surface area (TPSA) is 85.6 Å². The van der Waals surface area contributed by atoms with Gasteiger partial charge in [0, 0.05) is 6.20 Å². The monoisotopic (exact) mass is 408 g/mol. The molecule has 1 atom stereocenters. The zero-order valence-corrected chi connectivity index (χ0v) is 16.8. The van der Waals surface area contributed by atoms with Gasteiger partial charge in [0.15, 0.2) is 5.65 Å². The summed E-state index contributed by atoms with van der Waals surface area (Å²) in [6.07, 6.45) is 1.53. The van der Waals surface area contributed by atoms with Gasteiger partial charge in [-0.2, -0.15) is 0 Å². The van der Waals surface area contributed by atoms with Crippen molar-refractivity contribution in [2.24, 2.45) is 0 Å². The number of nitrogens with zero attached hydrogens (tertiary/aromatic N) is 3. The quantitative estimate of drug-likeness (QED) is 0.523. The number of aromatic nitrogens is 3. The van der Waals surface area contributed by atoms with Gasteiger partial charge in [0.1, 0.15) is 5.75 Å². The Balaban J connectivity index is 1.71. The first-order chi connectivity index (χ1) is 14.0. The van der Waals surface area contributed by atoms with Crippen LogP contribution >= 0.6 is 0 Å². The number of hydrogen-bond donors (Lipinski definition) is 1. The fourth-order valence-corrected chi connectivity index (χ4v) is 4.34. The van der Waals surface area contributed by atoms with E-state index < -0.39 is 9.84 Å². The van der Waals surface area contributed by atoms with E-state index in [4.69, 9.17) is 4.74 Å². The summed E-state index contributed by atoms with van der Waals surface area (Å²) in [4.78, 5) is 0.310. The molecule has 0 saturated heterocycles. The number of pyridine rings is 1. The highest BCUT2D eigenvalue weighted by atomic mass is 32.2. The number of benzene rings is 2. The van der Waals surface area contributed by atoms with Crippen LogP contribution in [-0.2, 0) is 9.84 Å². The Labute approximate surface area is 168 Å². The van der Waals surface area contributed by atoms with E-state index in [2.05, 4.69) is 15.5 Å². The normalized spacial score (nSPS) is 12.6. The molecule has 2 aromatic carbocycles. The molecule has 0 amide bonds. The number of fused-ring (bicyclic) bond motifs is 1. The van der Waals surface area contributed by atoms with E-state index in [0.717, 1.165) is 5.56 Å². The highest BCUT2D eigenvalue weighted by Gasteiger charge is 2.20. The van der Waals surface area contributed by atoms with E-state index in [1.165, 1.54) is 25.4 Å². The summed E-state index contributed by atoms with van der Waals surface area (Å²) in [6, 6.07) is 19.5. The second-order valence-electron chi connectivity index (χ2n) is 6.58. The Hall–Kier alpha value is -3.39. The number of ether oxygens (including phenoxy) is 1. The number of methoxy groups -OCH3 is 1. The van der Waals surface area contributed by atoms with Crippen molar-refractivity contribution in [3.05, 3.63) is 78.5 Å². The standard InChI is InChI=1S/C21H20N4O3S/c1-15(16-7-4-3-5-8-16)22-21-24-23-20-12-11-19(14-25(20)21)29(26,27)18-10-6-9-17(13-18)28-2/h3-15H,1-2H3,(H,22,24)/t15-/m1/s1. The summed E-state index contributed by atoms with van der Waals surface area (Å²) >= 11 is 0. The van der Waals surface area contributed by atoms with Gasteiger partial charge in [0.05, 0.1) is 22.9 Å². The minimum Gasteiger partial charge on any atom is -0.497 e. The zero-order valence-electron chi connectivity index (χ0n) is 16.0. The molecule has 0 spiro atoms. The van der Waals surface area contributed by atoms with E-state index >= 15 is 0 Å². The fourth-order valence-electron chi connectivity index (χ4n) is 3.05. The number of sulfone groups is 1. The summed E-state index contributed by atoms with van der Waals surface area (Å²) in [5, 5.41) is 11.6. The Kier molecular flexibility index (Phi) is 4.94. The largest absolute Gasteiger partial charge is 0.497 e. The maximum absolute atomic E-state index is 13.1. The van der Waals surface area contributed by atoms with Crippen LogP contribution in [0, 0.1) is 0 Å². The van der Waals surface area contributed by atoms with E-state index in [-0.39, 0.29) is 15.8 Å². The second kappa shape index (κ2) is 7.56. The molecule has 1 N–H and O–H groups in total. The molecule has 0 aliphatic rings. The molecule has 0 aliphatic carbocycles. The van der Waals surface area contributed by atoms with Crippen molar-refractivity contribution in [3.63, 3.8) is 0 Å². The molecule has 0 fully saturated rings. The fraction of sp³-hybridized carbons (Fsp3) is 0.143. The van der Waals surface area contributed by atoms with Crippen LogP contribution in [0.3, 0.4) is 0 Å². The maximum atomic E-state index is 13.1. The number of anilines is 1. The third-order valence-electron chi connectivity index (χ3n) is 4.68. The summed E-state index contributed by atoms with van der Waals surface area (Å²) in [5.74, 6) is 0.953. The highest BCUT2D eigenvalue weighted by molar-refractivity contribution is 7.91. The minimum absolute atomic E-state index is 0.0257. The van der Waals surface area contributed by atoms with Gasteiger partial charge in [-0.05, 0) is 42.8 Å². The third kappa shape index (κ3) is 3.66. The van der Waals surface area contributed by atoms with Crippen molar-refractivity contribution < 1.29 is 13.2 Å². The molecule has 29 heavy (non-hydrogen) atoms. The van der Waals surface area contributed by atoms with Crippen LogP contribution in [0.5, 0.6) is 5.75 Å². The molecule has 0 unspecified atom stereocenters. The first-order valence-electron chi connectivity index (χ1n) is 9.04. The van der Waals surface area contributed by atoms with Gasteiger partial charge in [-0.25, -0.2) is 8.42 Å². The Bertz CT molecular complexity index is 1250. The third-order valence-corrected chi connectivity index (χ3v) is 6.42. The van der Waals surface area contributed by atoms with Crippen LogP contribution in [-0.4, -0.2) is 30.1 Å². The molecular weight excluding hydrogens is 388 g/mol. The molecule has 2 heterocycles. The van der Waals surface area contributed by atoms with Crippen molar-refractivity contribution in [3.8, 4) is 5.75 Å². The molecule has 8 heteroatoms. The lowest BCUT2D eigenvalue weighted by Gasteiger charge is -2.14. The van der Waals surface area contributed by atoms with Gasteiger partial charge in [-0.3, -0.25) is 4.40 Å². The summed E-state index contributed by atoms with van der Waals surface area (Å²) < 4.78 is 33.0. The van der Waals surface area contributed by atoms with Gasteiger partial charge < -0.3 is 10.1 Å². The number of rotatable bonds is 6. The SMILES string of the molecule is COc1cccc(S(=O)(=O)c2ccc3nnc(N[C@H](C)c4ccccc4)n3c2)c1. The maximum Gasteiger partial charge on any atom is 0.229 e. The highest BCUT2D eigenvalue weighted by Crippen LogP contribution is 2.26. The van der Waals surface area contributed by atoms with Crippen LogP contribution < -0.4 is 10.1 Å². The van der Waals surface area contributed by atoms with Gasteiger partial charge in [-0.1, -0.05) is 36.4 Å². The second-order valence-corrected chi connectivity index (χ2v) is 8.53. The molecule has 148 valence electrons. The van der Waals surface area contributed by atoms with E-state index in [9.17, 15) is 8.42 Å². The molecular formula is C21H20N4O3S. The van der Waals surface area contributed by atoms with Crippen molar-refractivity contribution in [1.29, 1.82) is 0 Å². The van der Waals surface area contributed by atoms with Gasteiger partial charge in [0.25, 0.3) is 0 Å². The van der Waals surface area contributed by atoms with Crippen molar-refractivity contribution in [2.75, 3.05) is 12.4 Å².